The Labute approximate surface area is 191 Å². The molecule has 3 rings (SSSR count). The number of amides is 1. The Hall–Kier alpha value is -2.77. The van der Waals surface area contributed by atoms with Gasteiger partial charge in [-0.2, -0.15) is 0 Å². The molecule has 6 nitrogen and oxygen atoms in total. The molecular weight excluding hydrogens is 432 g/mol. The van der Waals surface area contributed by atoms with Crippen molar-refractivity contribution in [3.63, 3.8) is 0 Å². The molecule has 1 N–H and O–H groups in total. The summed E-state index contributed by atoms with van der Waals surface area (Å²) in [6, 6.07) is 17.0. The van der Waals surface area contributed by atoms with E-state index in [1.165, 1.54) is 11.8 Å². The fraction of sp³-hybridized carbons (Fsp3) is 0.261. The number of thioether (sulfide) groups is 1. The number of halogens is 1. The zero-order valence-electron chi connectivity index (χ0n) is 17.5. The zero-order chi connectivity index (χ0) is 22.2. The number of hydrogen-bond acceptors (Lipinski definition) is 5. The number of nitrogens with one attached hydrogen (secondary N) is 1. The minimum absolute atomic E-state index is 0.0676. The normalized spacial score (nSPS) is 12.7. The summed E-state index contributed by atoms with van der Waals surface area (Å²) in [7, 11) is 0. The SMILES string of the molecule is C=CCn1c(SCC(=O)NC(C)c2ccccc2)nnc1C(C)Oc1cccc(Cl)c1. The first kappa shape index (κ1) is 22.9. The summed E-state index contributed by atoms with van der Waals surface area (Å²) in [4.78, 5) is 12.4. The van der Waals surface area contributed by atoms with Crippen LogP contribution in [0, 0.1) is 0 Å². The third-order valence-corrected chi connectivity index (χ3v) is 5.74. The van der Waals surface area contributed by atoms with Crippen molar-refractivity contribution in [3.8, 4) is 5.75 Å². The average Bonchev–Trinajstić information content (AvgIpc) is 3.16. The van der Waals surface area contributed by atoms with E-state index >= 15 is 0 Å². The largest absolute Gasteiger partial charge is 0.483 e. The van der Waals surface area contributed by atoms with Crippen molar-refractivity contribution in [2.45, 2.75) is 37.7 Å². The standard InChI is InChI=1S/C23H25ClN4O2S/c1-4-13-28-22(17(3)30-20-12-8-11-19(24)14-20)26-27-23(28)31-15-21(29)25-16(2)18-9-6-5-7-10-18/h4-12,14,16-17H,1,13,15H2,2-3H3,(H,25,29). The lowest BCUT2D eigenvalue weighted by Gasteiger charge is -2.16. The highest BCUT2D eigenvalue weighted by atomic mass is 35.5. The maximum absolute atomic E-state index is 12.4. The Morgan fingerprint density at radius 2 is 2.00 bits per heavy atom. The first-order valence-corrected chi connectivity index (χ1v) is 11.3. The van der Waals surface area contributed by atoms with Crippen LogP contribution in [0.2, 0.25) is 5.02 Å². The highest BCUT2D eigenvalue weighted by Crippen LogP contribution is 2.26. The molecule has 1 amide bonds. The van der Waals surface area contributed by atoms with Gasteiger partial charge < -0.3 is 10.1 Å². The number of carbonyl (C=O) groups is 1. The molecule has 1 aromatic heterocycles. The van der Waals surface area contributed by atoms with Gasteiger partial charge in [0.05, 0.1) is 11.8 Å². The summed E-state index contributed by atoms with van der Waals surface area (Å²) < 4.78 is 7.88. The van der Waals surface area contributed by atoms with Crippen molar-refractivity contribution in [1.29, 1.82) is 0 Å². The van der Waals surface area contributed by atoms with Gasteiger partial charge in [0.15, 0.2) is 17.1 Å². The van der Waals surface area contributed by atoms with Gasteiger partial charge in [-0.15, -0.1) is 16.8 Å². The number of nitrogens with zero attached hydrogens (tertiary/aromatic N) is 3. The second-order valence-electron chi connectivity index (χ2n) is 6.95. The van der Waals surface area contributed by atoms with Gasteiger partial charge in [0.25, 0.3) is 0 Å². The second kappa shape index (κ2) is 11.0. The van der Waals surface area contributed by atoms with Crippen LogP contribution < -0.4 is 10.1 Å². The Bertz CT molecular complexity index is 1030. The third-order valence-electron chi connectivity index (χ3n) is 4.54. The number of benzene rings is 2. The highest BCUT2D eigenvalue weighted by Gasteiger charge is 2.20. The molecule has 0 aliphatic carbocycles. The summed E-state index contributed by atoms with van der Waals surface area (Å²) in [6.45, 7) is 8.19. The molecule has 0 aliphatic heterocycles. The molecule has 0 bridgehead atoms. The van der Waals surface area contributed by atoms with Crippen LogP contribution in [0.5, 0.6) is 5.75 Å². The molecule has 2 aromatic carbocycles. The quantitative estimate of drug-likeness (QED) is 0.334. The van der Waals surface area contributed by atoms with Gasteiger partial charge in [0, 0.05) is 11.6 Å². The first-order valence-electron chi connectivity index (χ1n) is 9.91. The predicted molar refractivity (Wildman–Crippen MR) is 124 cm³/mol. The Kier molecular flexibility index (Phi) is 8.14. The van der Waals surface area contributed by atoms with Crippen LogP contribution in [0.3, 0.4) is 0 Å². The number of ether oxygens (including phenoxy) is 1. The van der Waals surface area contributed by atoms with E-state index in [-0.39, 0.29) is 23.8 Å². The zero-order valence-corrected chi connectivity index (χ0v) is 19.1. The molecule has 0 spiro atoms. The topological polar surface area (TPSA) is 69.0 Å². The minimum Gasteiger partial charge on any atom is -0.483 e. The second-order valence-corrected chi connectivity index (χ2v) is 8.33. The van der Waals surface area contributed by atoms with Crippen molar-refractivity contribution >= 4 is 29.3 Å². The van der Waals surface area contributed by atoms with Crippen molar-refractivity contribution in [1.82, 2.24) is 20.1 Å². The summed E-state index contributed by atoms with van der Waals surface area (Å²) >= 11 is 7.37. The maximum Gasteiger partial charge on any atom is 0.230 e. The van der Waals surface area contributed by atoms with Gasteiger partial charge in [-0.1, -0.05) is 65.8 Å². The van der Waals surface area contributed by atoms with Gasteiger partial charge in [-0.05, 0) is 37.6 Å². The molecule has 0 fully saturated rings. The Balaban J connectivity index is 1.64. The monoisotopic (exact) mass is 456 g/mol. The molecular formula is C23H25ClN4O2S. The Morgan fingerprint density at radius 1 is 1.23 bits per heavy atom. The number of aromatic nitrogens is 3. The first-order chi connectivity index (χ1) is 15.0. The van der Waals surface area contributed by atoms with E-state index in [4.69, 9.17) is 16.3 Å². The van der Waals surface area contributed by atoms with Crippen LogP contribution >= 0.6 is 23.4 Å². The number of allylic oxidation sites excluding steroid dienone is 1. The number of rotatable bonds is 10. The van der Waals surface area contributed by atoms with Gasteiger partial charge in [-0.3, -0.25) is 9.36 Å². The molecule has 162 valence electrons. The number of hydrogen-bond donors (Lipinski definition) is 1. The van der Waals surface area contributed by atoms with E-state index < -0.39 is 0 Å². The van der Waals surface area contributed by atoms with E-state index in [0.717, 1.165) is 5.56 Å². The van der Waals surface area contributed by atoms with Crippen LogP contribution in [0.4, 0.5) is 0 Å². The van der Waals surface area contributed by atoms with Crippen molar-refractivity contribution < 1.29 is 9.53 Å². The van der Waals surface area contributed by atoms with Crippen LogP contribution in [-0.4, -0.2) is 26.4 Å². The van der Waals surface area contributed by atoms with E-state index in [2.05, 4.69) is 22.1 Å². The summed E-state index contributed by atoms with van der Waals surface area (Å²) in [5.41, 5.74) is 1.06. The summed E-state index contributed by atoms with van der Waals surface area (Å²) in [5, 5.41) is 12.8. The van der Waals surface area contributed by atoms with E-state index in [9.17, 15) is 4.79 Å². The van der Waals surface area contributed by atoms with Gasteiger partial charge in [0.2, 0.25) is 5.91 Å². The van der Waals surface area contributed by atoms with Crippen molar-refractivity contribution in [2.75, 3.05) is 5.75 Å². The number of carbonyl (C=O) groups excluding carboxylic acids is 1. The van der Waals surface area contributed by atoms with E-state index in [1.54, 1.807) is 18.2 Å². The Morgan fingerprint density at radius 3 is 2.71 bits per heavy atom. The lowest BCUT2D eigenvalue weighted by Crippen LogP contribution is -2.28. The van der Waals surface area contributed by atoms with Gasteiger partial charge in [-0.25, -0.2) is 0 Å². The average molecular weight is 457 g/mol. The van der Waals surface area contributed by atoms with Gasteiger partial charge in [0.1, 0.15) is 5.75 Å². The van der Waals surface area contributed by atoms with Crippen molar-refractivity contribution in [3.05, 3.63) is 83.7 Å². The maximum atomic E-state index is 12.4. The molecule has 8 heteroatoms. The van der Waals surface area contributed by atoms with Gasteiger partial charge >= 0.3 is 0 Å². The van der Waals surface area contributed by atoms with Crippen LogP contribution in [-0.2, 0) is 11.3 Å². The molecule has 2 atom stereocenters. The van der Waals surface area contributed by atoms with E-state index in [0.29, 0.717) is 28.3 Å². The van der Waals surface area contributed by atoms with Crippen LogP contribution in [0.25, 0.3) is 0 Å². The molecule has 3 aromatic rings. The predicted octanol–water partition coefficient (Wildman–Crippen LogP) is 5.23. The van der Waals surface area contributed by atoms with E-state index in [1.807, 2.05) is 60.9 Å². The van der Waals surface area contributed by atoms with Crippen LogP contribution in [0.1, 0.15) is 37.4 Å². The molecule has 31 heavy (non-hydrogen) atoms. The fourth-order valence-corrected chi connectivity index (χ4v) is 3.99. The molecule has 0 aliphatic rings. The lowest BCUT2D eigenvalue weighted by molar-refractivity contribution is -0.119. The minimum atomic E-state index is -0.354. The molecule has 0 saturated carbocycles. The summed E-state index contributed by atoms with van der Waals surface area (Å²) in [5.74, 6) is 1.46. The molecule has 1 heterocycles. The lowest BCUT2D eigenvalue weighted by atomic mass is 10.1. The third kappa shape index (κ3) is 6.35. The summed E-state index contributed by atoms with van der Waals surface area (Å²) in [6.07, 6.45) is 1.41. The smallest absolute Gasteiger partial charge is 0.230 e. The highest BCUT2D eigenvalue weighted by molar-refractivity contribution is 7.99. The van der Waals surface area contributed by atoms with Crippen LogP contribution in [0.15, 0.2) is 72.4 Å². The molecule has 2 unspecified atom stereocenters. The van der Waals surface area contributed by atoms with Crippen molar-refractivity contribution in [2.24, 2.45) is 0 Å². The molecule has 0 radical (unpaired) electrons. The molecule has 0 saturated heterocycles. The fourth-order valence-electron chi connectivity index (χ4n) is 3.04.